The topological polar surface area (TPSA) is 89.2 Å². The summed E-state index contributed by atoms with van der Waals surface area (Å²) in [6.07, 6.45) is 1.45. The van der Waals surface area contributed by atoms with Crippen LogP contribution in [-0.4, -0.2) is 21.6 Å². The van der Waals surface area contributed by atoms with Crippen LogP contribution in [0.25, 0.3) is 0 Å². The van der Waals surface area contributed by atoms with Crippen molar-refractivity contribution in [2.75, 3.05) is 5.32 Å². The Kier molecular flexibility index (Phi) is 6.17. The number of nitrogens with zero attached hydrogens (tertiary/aromatic N) is 2. The van der Waals surface area contributed by atoms with Crippen LogP contribution in [0, 0.1) is 13.8 Å². The second-order valence-electron chi connectivity index (χ2n) is 7.50. The molecule has 2 heterocycles. The van der Waals surface area contributed by atoms with E-state index >= 15 is 0 Å². The molecule has 2 N–H and O–H groups in total. The normalized spacial score (nSPS) is 10.7. The third-order valence-corrected chi connectivity index (χ3v) is 5.17. The van der Waals surface area contributed by atoms with Gasteiger partial charge in [-0.3, -0.25) is 14.3 Å². The van der Waals surface area contributed by atoms with Crippen LogP contribution in [0.5, 0.6) is 0 Å². The molecule has 0 radical (unpaired) electrons. The van der Waals surface area contributed by atoms with E-state index in [0.29, 0.717) is 30.0 Å². The Balaban J connectivity index is 1.41. The second kappa shape index (κ2) is 9.34. The van der Waals surface area contributed by atoms with Gasteiger partial charge in [0.2, 0.25) is 0 Å². The van der Waals surface area contributed by atoms with E-state index < -0.39 is 0 Å². The monoisotopic (exact) mass is 428 g/mol. The molecule has 162 valence electrons. The summed E-state index contributed by atoms with van der Waals surface area (Å²) < 4.78 is 6.96. The minimum atomic E-state index is -0.326. The zero-order valence-corrected chi connectivity index (χ0v) is 18.0. The van der Waals surface area contributed by atoms with Crippen LogP contribution in [0.3, 0.4) is 0 Å². The lowest BCUT2D eigenvalue weighted by Gasteiger charge is -2.09. The Morgan fingerprint density at radius 2 is 1.72 bits per heavy atom. The highest BCUT2D eigenvalue weighted by atomic mass is 16.3. The minimum absolute atomic E-state index is 0.177. The first-order chi connectivity index (χ1) is 15.5. The maximum Gasteiger partial charge on any atom is 0.291 e. The van der Waals surface area contributed by atoms with Crippen molar-refractivity contribution in [3.8, 4) is 0 Å². The fourth-order valence-corrected chi connectivity index (χ4v) is 3.57. The van der Waals surface area contributed by atoms with Crippen molar-refractivity contribution in [3.63, 3.8) is 0 Å². The van der Waals surface area contributed by atoms with Gasteiger partial charge in [0, 0.05) is 17.9 Å². The lowest BCUT2D eigenvalue weighted by molar-refractivity contribution is 0.0948. The number of carbonyl (C=O) groups excluding carboxylic acids is 2. The summed E-state index contributed by atoms with van der Waals surface area (Å²) in [5.41, 5.74) is 4.71. The van der Waals surface area contributed by atoms with Gasteiger partial charge in [0.05, 0.1) is 24.1 Å². The van der Waals surface area contributed by atoms with Gasteiger partial charge in [-0.2, -0.15) is 5.10 Å². The van der Waals surface area contributed by atoms with Gasteiger partial charge in [-0.1, -0.05) is 42.5 Å². The van der Waals surface area contributed by atoms with E-state index in [4.69, 9.17) is 4.42 Å². The number of furan rings is 1. The molecule has 7 heteroatoms. The summed E-state index contributed by atoms with van der Waals surface area (Å²) >= 11 is 0. The van der Waals surface area contributed by atoms with Crippen LogP contribution in [0.2, 0.25) is 0 Å². The van der Waals surface area contributed by atoms with Crippen molar-refractivity contribution in [3.05, 3.63) is 107 Å². The fraction of sp³-hybridized carbons (Fsp3) is 0.160. The molecule has 0 aliphatic rings. The molecule has 4 aromatic rings. The molecule has 2 aromatic carbocycles. The first-order valence-electron chi connectivity index (χ1n) is 10.3. The first-order valence-corrected chi connectivity index (χ1v) is 10.3. The van der Waals surface area contributed by atoms with E-state index in [1.54, 1.807) is 18.2 Å². The first kappa shape index (κ1) is 21.1. The lowest BCUT2D eigenvalue weighted by atomic mass is 10.1. The molecule has 0 saturated heterocycles. The van der Waals surface area contributed by atoms with Gasteiger partial charge in [-0.05, 0) is 49.2 Å². The average molecular weight is 428 g/mol. The van der Waals surface area contributed by atoms with E-state index in [0.717, 1.165) is 16.8 Å². The van der Waals surface area contributed by atoms with Crippen molar-refractivity contribution < 1.29 is 14.0 Å². The molecule has 4 rings (SSSR count). The summed E-state index contributed by atoms with van der Waals surface area (Å²) in [6, 6.07) is 20.6. The minimum Gasteiger partial charge on any atom is -0.459 e. The predicted octanol–water partition coefficient (Wildman–Crippen LogP) is 4.32. The number of aromatic nitrogens is 2. The smallest absolute Gasteiger partial charge is 0.291 e. The molecule has 0 aliphatic heterocycles. The van der Waals surface area contributed by atoms with E-state index in [1.807, 2.05) is 67.1 Å². The molecule has 2 amide bonds. The number of aryl methyl sites for hydroxylation is 1. The molecule has 0 aliphatic carbocycles. The Labute approximate surface area is 186 Å². The number of carbonyl (C=O) groups is 2. The number of benzene rings is 2. The van der Waals surface area contributed by atoms with Crippen molar-refractivity contribution in [1.29, 1.82) is 0 Å². The van der Waals surface area contributed by atoms with Gasteiger partial charge in [0.15, 0.2) is 5.76 Å². The molecule has 2 aromatic heterocycles. The molecule has 0 spiro atoms. The Hall–Kier alpha value is -4.13. The van der Waals surface area contributed by atoms with Crippen LogP contribution in [0.4, 0.5) is 5.69 Å². The SMILES string of the molecule is Cc1nn(Cc2ccccc2)c(C)c1C(=O)NCc1cccc(NC(=O)c2ccco2)c1. The maximum atomic E-state index is 12.9. The highest BCUT2D eigenvalue weighted by Crippen LogP contribution is 2.16. The molecule has 0 atom stereocenters. The molecular weight excluding hydrogens is 404 g/mol. The fourth-order valence-electron chi connectivity index (χ4n) is 3.57. The highest BCUT2D eigenvalue weighted by Gasteiger charge is 2.18. The van der Waals surface area contributed by atoms with Crippen LogP contribution in [0.1, 0.15) is 43.4 Å². The summed E-state index contributed by atoms with van der Waals surface area (Å²) in [4.78, 5) is 25.1. The van der Waals surface area contributed by atoms with Crippen molar-refractivity contribution >= 4 is 17.5 Å². The standard InChI is InChI=1S/C25H24N4O3/c1-17-23(18(2)29(28-17)16-19-8-4-3-5-9-19)25(31)26-15-20-10-6-11-21(14-20)27-24(30)22-12-7-13-32-22/h3-14H,15-16H2,1-2H3,(H,26,31)(H,27,30). The number of hydrogen-bond acceptors (Lipinski definition) is 4. The van der Waals surface area contributed by atoms with Crippen molar-refractivity contribution in [1.82, 2.24) is 15.1 Å². The number of nitrogens with one attached hydrogen (secondary N) is 2. The van der Waals surface area contributed by atoms with Crippen molar-refractivity contribution in [2.24, 2.45) is 0 Å². The Bertz CT molecular complexity index is 1230. The van der Waals surface area contributed by atoms with Gasteiger partial charge >= 0.3 is 0 Å². The Morgan fingerprint density at radius 3 is 2.47 bits per heavy atom. The average Bonchev–Trinajstić information content (AvgIpc) is 3.42. The number of anilines is 1. The zero-order chi connectivity index (χ0) is 22.5. The summed E-state index contributed by atoms with van der Waals surface area (Å²) in [5, 5.41) is 10.3. The molecule has 0 bridgehead atoms. The Morgan fingerprint density at radius 1 is 0.938 bits per heavy atom. The van der Waals surface area contributed by atoms with Crippen LogP contribution in [0.15, 0.2) is 77.4 Å². The van der Waals surface area contributed by atoms with Gasteiger partial charge < -0.3 is 15.1 Å². The van der Waals surface area contributed by atoms with Crippen LogP contribution in [-0.2, 0) is 13.1 Å². The summed E-state index contributed by atoms with van der Waals surface area (Å²) in [6.45, 7) is 4.68. The van der Waals surface area contributed by atoms with Gasteiger partial charge in [0.25, 0.3) is 11.8 Å². The summed E-state index contributed by atoms with van der Waals surface area (Å²) in [5.74, 6) is -0.264. The lowest BCUT2D eigenvalue weighted by Crippen LogP contribution is -2.24. The molecule has 32 heavy (non-hydrogen) atoms. The van der Waals surface area contributed by atoms with Gasteiger partial charge in [-0.15, -0.1) is 0 Å². The van der Waals surface area contributed by atoms with Crippen LogP contribution >= 0.6 is 0 Å². The zero-order valence-electron chi connectivity index (χ0n) is 18.0. The van der Waals surface area contributed by atoms with E-state index in [9.17, 15) is 9.59 Å². The third-order valence-electron chi connectivity index (χ3n) is 5.17. The molecule has 7 nitrogen and oxygen atoms in total. The predicted molar refractivity (Wildman–Crippen MR) is 122 cm³/mol. The van der Waals surface area contributed by atoms with E-state index in [2.05, 4.69) is 15.7 Å². The van der Waals surface area contributed by atoms with Crippen molar-refractivity contribution in [2.45, 2.75) is 26.9 Å². The van der Waals surface area contributed by atoms with E-state index in [-0.39, 0.29) is 17.6 Å². The largest absolute Gasteiger partial charge is 0.459 e. The number of rotatable bonds is 7. The summed E-state index contributed by atoms with van der Waals surface area (Å²) in [7, 11) is 0. The van der Waals surface area contributed by atoms with Crippen LogP contribution < -0.4 is 10.6 Å². The molecular formula is C25H24N4O3. The highest BCUT2D eigenvalue weighted by molar-refractivity contribution is 6.02. The molecule has 0 saturated carbocycles. The third kappa shape index (κ3) is 4.78. The maximum absolute atomic E-state index is 12.9. The van der Waals surface area contributed by atoms with Gasteiger partial charge in [0.1, 0.15) is 0 Å². The van der Waals surface area contributed by atoms with Gasteiger partial charge in [-0.25, -0.2) is 0 Å². The second-order valence-corrected chi connectivity index (χ2v) is 7.50. The van der Waals surface area contributed by atoms with E-state index in [1.165, 1.54) is 6.26 Å². The number of hydrogen-bond donors (Lipinski definition) is 2. The number of amides is 2. The quantitative estimate of drug-likeness (QED) is 0.459. The molecule has 0 unspecified atom stereocenters. The molecule has 0 fully saturated rings.